The molecule has 2 heterocycles. The number of rotatable bonds is 2. The number of hydrogen-bond donors (Lipinski definition) is 1. The van der Waals surface area contributed by atoms with Crippen molar-refractivity contribution >= 4 is 50.3 Å². The molecule has 3 aromatic rings. The topological polar surface area (TPSA) is 69.0 Å². The van der Waals surface area contributed by atoms with E-state index in [0.717, 1.165) is 15.4 Å². The fourth-order valence-corrected chi connectivity index (χ4v) is 2.86. The molecule has 0 spiro atoms. The van der Waals surface area contributed by atoms with Gasteiger partial charge < -0.3 is 4.74 Å². The number of ether oxygens (including phenoxy) is 1. The van der Waals surface area contributed by atoms with Crippen LogP contribution in [0.1, 0.15) is 20.8 Å². The van der Waals surface area contributed by atoms with Crippen LogP contribution in [0.15, 0.2) is 41.0 Å². The van der Waals surface area contributed by atoms with Gasteiger partial charge >= 0.3 is 6.09 Å². The van der Waals surface area contributed by atoms with Crippen LogP contribution in [0, 0.1) is 0 Å². The highest BCUT2D eigenvalue weighted by molar-refractivity contribution is 9.10. The van der Waals surface area contributed by atoms with Gasteiger partial charge in [0, 0.05) is 16.1 Å². The minimum absolute atomic E-state index is 0.123. The molecule has 0 aliphatic rings. The molecule has 0 aliphatic carbocycles. The summed E-state index contributed by atoms with van der Waals surface area (Å²) in [7, 11) is 0. The van der Waals surface area contributed by atoms with Gasteiger partial charge in [-0.15, -0.1) is 0 Å². The third-order valence-corrected chi connectivity index (χ3v) is 3.91. The average molecular weight is 424 g/mol. The zero-order valence-corrected chi connectivity index (χ0v) is 16.2. The number of carbonyl (C=O) groups is 1. The van der Waals surface area contributed by atoms with Gasteiger partial charge in [0.2, 0.25) is 5.28 Å². The number of benzene rings is 1. The SMILES string of the molecule is CC(C)(C)OC(=O)Nc1cc2ccc(Br)cc2n1-c1ccnc(Cl)n1. The molecular weight excluding hydrogens is 408 g/mol. The quantitative estimate of drug-likeness (QED) is 0.576. The lowest BCUT2D eigenvalue weighted by molar-refractivity contribution is 0.0635. The Bertz CT molecular complexity index is 949. The van der Waals surface area contributed by atoms with Crippen molar-refractivity contribution in [3.05, 3.63) is 46.3 Å². The molecule has 2 aromatic heterocycles. The van der Waals surface area contributed by atoms with E-state index in [-0.39, 0.29) is 5.28 Å². The predicted octanol–water partition coefficient (Wildman–Crippen LogP) is 5.18. The standard InChI is InChI=1S/C17H16BrClN4O2/c1-17(2,3)25-16(24)22-14-8-10-4-5-11(18)9-12(10)23(14)13-6-7-20-15(19)21-13/h4-9H,1-3H3,(H,22,24). The van der Waals surface area contributed by atoms with Gasteiger partial charge in [0.25, 0.3) is 0 Å². The summed E-state index contributed by atoms with van der Waals surface area (Å²) in [6.45, 7) is 5.43. The number of nitrogens with one attached hydrogen (secondary N) is 1. The van der Waals surface area contributed by atoms with Gasteiger partial charge in [0.05, 0.1) is 5.52 Å². The number of carbonyl (C=O) groups excluding carboxylic acids is 1. The first-order valence-electron chi connectivity index (χ1n) is 7.53. The maximum absolute atomic E-state index is 12.2. The number of amides is 1. The van der Waals surface area contributed by atoms with Gasteiger partial charge in [-0.05, 0) is 56.6 Å². The van der Waals surface area contributed by atoms with E-state index in [1.807, 2.05) is 45.0 Å². The molecule has 1 N–H and O–H groups in total. The Morgan fingerprint density at radius 2 is 2.04 bits per heavy atom. The summed E-state index contributed by atoms with van der Waals surface area (Å²) in [6, 6.07) is 9.37. The summed E-state index contributed by atoms with van der Waals surface area (Å²) in [5.74, 6) is 1.07. The Kier molecular flexibility index (Phi) is 4.71. The second-order valence-electron chi connectivity index (χ2n) is 6.38. The summed E-state index contributed by atoms with van der Waals surface area (Å²) in [5, 5.41) is 3.83. The van der Waals surface area contributed by atoms with E-state index in [4.69, 9.17) is 16.3 Å². The molecular formula is C17H16BrClN4O2. The van der Waals surface area contributed by atoms with E-state index >= 15 is 0 Å². The molecule has 1 amide bonds. The molecule has 1 aromatic carbocycles. The molecule has 130 valence electrons. The number of hydrogen-bond acceptors (Lipinski definition) is 4. The first-order chi connectivity index (χ1) is 11.7. The molecule has 0 radical (unpaired) electrons. The van der Waals surface area contributed by atoms with Crippen LogP contribution in [0.4, 0.5) is 10.6 Å². The van der Waals surface area contributed by atoms with Crippen molar-refractivity contribution in [1.29, 1.82) is 0 Å². The van der Waals surface area contributed by atoms with Crippen molar-refractivity contribution in [2.24, 2.45) is 0 Å². The second-order valence-corrected chi connectivity index (χ2v) is 7.63. The molecule has 0 bridgehead atoms. The van der Waals surface area contributed by atoms with Crippen LogP contribution in [0.2, 0.25) is 5.28 Å². The first kappa shape index (κ1) is 17.7. The summed E-state index contributed by atoms with van der Waals surface area (Å²) in [4.78, 5) is 20.4. The Morgan fingerprint density at radius 1 is 1.28 bits per heavy atom. The zero-order chi connectivity index (χ0) is 18.2. The number of aromatic nitrogens is 3. The van der Waals surface area contributed by atoms with E-state index < -0.39 is 11.7 Å². The summed E-state index contributed by atoms with van der Waals surface area (Å²) < 4.78 is 8.04. The van der Waals surface area contributed by atoms with Gasteiger partial charge in [0.15, 0.2) is 0 Å². The van der Waals surface area contributed by atoms with Crippen molar-refractivity contribution in [3.63, 3.8) is 0 Å². The van der Waals surface area contributed by atoms with Crippen LogP contribution in [-0.2, 0) is 4.74 Å². The molecule has 0 saturated heterocycles. The van der Waals surface area contributed by atoms with Crippen LogP contribution < -0.4 is 5.32 Å². The lowest BCUT2D eigenvalue weighted by Gasteiger charge is -2.20. The van der Waals surface area contributed by atoms with Crippen LogP contribution in [0.25, 0.3) is 16.7 Å². The average Bonchev–Trinajstić information content (AvgIpc) is 2.82. The van der Waals surface area contributed by atoms with E-state index in [1.54, 1.807) is 16.8 Å². The van der Waals surface area contributed by atoms with Crippen molar-refractivity contribution in [2.75, 3.05) is 5.32 Å². The highest BCUT2D eigenvalue weighted by atomic mass is 79.9. The summed E-state index contributed by atoms with van der Waals surface area (Å²) >= 11 is 9.40. The maximum Gasteiger partial charge on any atom is 0.413 e. The van der Waals surface area contributed by atoms with Gasteiger partial charge in [-0.3, -0.25) is 9.88 Å². The van der Waals surface area contributed by atoms with Crippen molar-refractivity contribution in [1.82, 2.24) is 14.5 Å². The van der Waals surface area contributed by atoms with Crippen molar-refractivity contribution in [3.8, 4) is 5.82 Å². The summed E-state index contributed by atoms with van der Waals surface area (Å²) in [6.07, 6.45) is 1.02. The van der Waals surface area contributed by atoms with E-state index in [2.05, 4.69) is 31.2 Å². The lowest BCUT2D eigenvalue weighted by Crippen LogP contribution is -2.27. The molecule has 3 rings (SSSR count). The lowest BCUT2D eigenvalue weighted by atomic mass is 10.2. The van der Waals surface area contributed by atoms with E-state index in [0.29, 0.717) is 11.6 Å². The van der Waals surface area contributed by atoms with Gasteiger partial charge in [-0.2, -0.15) is 4.98 Å². The monoisotopic (exact) mass is 422 g/mol. The van der Waals surface area contributed by atoms with Crippen molar-refractivity contribution in [2.45, 2.75) is 26.4 Å². The molecule has 0 aliphatic heterocycles. The molecule has 6 nitrogen and oxygen atoms in total. The fourth-order valence-electron chi connectivity index (χ4n) is 2.37. The fraction of sp³-hybridized carbons (Fsp3) is 0.235. The third-order valence-electron chi connectivity index (χ3n) is 3.24. The highest BCUT2D eigenvalue weighted by Crippen LogP contribution is 2.30. The van der Waals surface area contributed by atoms with Gasteiger partial charge in [0.1, 0.15) is 17.2 Å². The van der Waals surface area contributed by atoms with Gasteiger partial charge in [-0.1, -0.05) is 22.0 Å². The van der Waals surface area contributed by atoms with E-state index in [9.17, 15) is 4.79 Å². The minimum atomic E-state index is -0.595. The van der Waals surface area contributed by atoms with Crippen LogP contribution >= 0.6 is 27.5 Å². The minimum Gasteiger partial charge on any atom is -0.444 e. The van der Waals surface area contributed by atoms with E-state index in [1.165, 1.54) is 0 Å². The number of nitrogens with zero attached hydrogens (tertiary/aromatic N) is 3. The number of anilines is 1. The molecule has 8 heteroatoms. The third kappa shape index (κ3) is 4.11. The predicted molar refractivity (Wildman–Crippen MR) is 101 cm³/mol. The maximum atomic E-state index is 12.2. The normalized spacial score (nSPS) is 11.6. The largest absolute Gasteiger partial charge is 0.444 e. The molecule has 0 fully saturated rings. The zero-order valence-electron chi connectivity index (χ0n) is 13.9. The van der Waals surface area contributed by atoms with Gasteiger partial charge in [-0.25, -0.2) is 9.78 Å². The number of fused-ring (bicyclic) bond motifs is 1. The molecule has 0 unspecified atom stereocenters. The summed E-state index contributed by atoms with van der Waals surface area (Å²) in [5.41, 5.74) is 0.262. The Hall–Kier alpha value is -2.12. The molecule has 0 saturated carbocycles. The Morgan fingerprint density at radius 3 is 2.72 bits per heavy atom. The number of halogens is 2. The second kappa shape index (κ2) is 6.65. The first-order valence-corrected chi connectivity index (χ1v) is 8.70. The smallest absolute Gasteiger partial charge is 0.413 e. The highest BCUT2D eigenvalue weighted by Gasteiger charge is 2.19. The van der Waals surface area contributed by atoms with Crippen molar-refractivity contribution < 1.29 is 9.53 Å². The van der Waals surface area contributed by atoms with Crippen LogP contribution in [0.5, 0.6) is 0 Å². The van der Waals surface area contributed by atoms with Crippen LogP contribution in [0.3, 0.4) is 0 Å². The Labute approximate surface area is 158 Å². The Balaban J connectivity index is 2.11. The van der Waals surface area contributed by atoms with Crippen LogP contribution in [-0.4, -0.2) is 26.2 Å². The molecule has 25 heavy (non-hydrogen) atoms. The molecule has 0 atom stereocenters.